The lowest BCUT2D eigenvalue weighted by atomic mass is 10.1. The average molecular weight is 430 g/mol. The van der Waals surface area contributed by atoms with E-state index in [0.29, 0.717) is 11.7 Å². The van der Waals surface area contributed by atoms with E-state index in [4.69, 9.17) is 0 Å². The maximum Gasteiger partial charge on any atom is 0.242 e. The lowest BCUT2D eigenvalue weighted by molar-refractivity contribution is -0.115. The topological polar surface area (TPSA) is 72.7 Å². The van der Waals surface area contributed by atoms with E-state index in [1.165, 1.54) is 11.8 Å². The average Bonchev–Trinajstić information content (AvgIpc) is 3.22. The van der Waals surface area contributed by atoms with E-state index >= 15 is 0 Å². The Morgan fingerprint density at radius 3 is 2.45 bits per heavy atom. The molecule has 1 atom stereocenters. The van der Waals surface area contributed by atoms with Gasteiger partial charge in [-0.3, -0.25) is 4.79 Å². The van der Waals surface area contributed by atoms with Crippen LogP contribution in [0, 0.1) is 13.8 Å². The summed E-state index contributed by atoms with van der Waals surface area (Å²) >= 11 is 1.35. The van der Waals surface area contributed by atoms with Crippen LogP contribution in [0.3, 0.4) is 0 Å². The molecule has 0 radical (unpaired) electrons. The highest BCUT2D eigenvalue weighted by Crippen LogP contribution is 2.35. The van der Waals surface area contributed by atoms with E-state index in [9.17, 15) is 4.79 Å². The Hall–Kier alpha value is -3.45. The zero-order chi connectivity index (χ0) is 21.6. The van der Waals surface area contributed by atoms with Gasteiger partial charge in [0.05, 0.1) is 6.54 Å². The largest absolute Gasteiger partial charge is 0.325 e. The van der Waals surface area contributed by atoms with Crippen molar-refractivity contribution < 1.29 is 4.79 Å². The molecule has 31 heavy (non-hydrogen) atoms. The first kappa shape index (κ1) is 20.8. The lowest BCUT2D eigenvalue weighted by Gasteiger charge is -2.18. The standard InChI is InChI=1S/C24H23N5OS/c1-17-13-14-18(2)21(15-17)25-23(30)22(20-11-7-4-8-12-20)31-24-26-27-28-29(24)16-19-9-5-3-6-10-19/h3-15,22H,16H2,1-2H3,(H,25,30)/t22-/m1/s1. The Morgan fingerprint density at radius 1 is 1.00 bits per heavy atom. The summed E-state index contributed by atoms with van der Waals surface area (Å²) in [7, 11) is 0. The van der Waals surface area contributed by atoms with Crippen molar-refractivity contribution in [2.24, 2.45) is 0 Å². The third-order valence-corrected chi connectivity index (χ3v) is 6.11. The van der Waals surface area contributed by atoms with Gasteiger partial charge >= 0.3 is 0 Å². The van der Waals surface area contributed by atoms with Crippen LogP contribution in [-0.4, -0.2) is 26.1 Å². The van der Waals surface area contributed by atoms with Crippen LogP contribution >= 0.6 is 11.8 Å². The normalized spacial score (nSPS) is 11.8. The summed E-state index contributed by atoms with van der Waals surface area (Å²) in [5.74, 6) is -0.112. The number of carbonyl (C=O) groups excluding carboxylic acids is 1. The van der Waals surface area contributed by atoms with Crippen molar-refractivity contribution >= 4 is 23.4 Å². The predicted molar refractivity (Wildman–Crippen MR) is 123 cm³/mol. The number of hydrogen-bond acceptors (Lipinski definition) is 5. The Morgan fingerprint density at radius 2 is 1.71 bits per heavy atom. The maximum absolute atomic E-state index is 13.4. The number of benzene rings is 3. The van der Waals surface area contributed by atoms with Gasteiger partial charge in [-0.1, -0.05) is 84.6 Å². The Balaban J connectivity index is 1.60. The van der Waals surface area contributed by atoms with Gasteiger partial charge in [0, 0.05) is 5.69 Å². The molecule has 1 amide bonds. The summed E-state index contributed by atoms with van der Waals surface area (Å²) in [6.07, 6.45) is 0. The molecule has 7 heteroatoms. The van der Waals surface area contributed by atoms with E-state index in [-0.39, 0.29) is 5.91 Å². The van der Waals surface area contributed by atoms with Gasteiger partial charge in [-0.25, -0.2) is 4.68 Å². The molecule has 156 valence electrons. The van der Waals surface area contributed by atoms with Crippen molar-refractivity contribution in [1.82, 2.24) is 20.2 Å². The van der Waals surface area contributed by atoms with E-state index in [2.05, 4.69) is 20.8 Å². The summed E-state index contributed by atoms with van der Waals surface area (Å²) in [6, 6.07) is 25.7. The number of thioether (sulfide) groups is 1. The molecule has 0 unspecified atom stereocenters. The first-order valence-corrected chi connectivity index (χ1v) is 10.9. The van der Waals surface area contributed by atoms with Crippen LogP contribution in [0.25, 0.3) is 0 Å². The van der Waals surface area contributed by atoms with Gasteiger partial charge < -0.3 is 5.32 Å². The van der Waals surface area contributed by atoms with Crippen LogP contribution < -0.4 is 5.32 Å². The van der Waals surface area contributed by atoms with E-state index < -0.39 is 5.25 Å². The fourth-order valence-electron chi connectivity index (χ4n) is 3.21. The lowest BCUT2D eigenvalue weighted by Crippen LogP contribution is -2.20. The fourth-order valence-corrected chi connectivity index (χ4v) is 4.19. The van der Waals surface area contributed by atoms with Crippen LogP contribution in [0.5, 0.6) is 0 Å². The molecule has 0 saturated heterocycles. The molecule has 4 aromatic rings. The molecule has 0 spiro atoms. The Kier molecular flexibility index (Phi) is 6.43. The number of rotatable bonds is 7. The van der Waals surface area contributed by atoms with Gasteiger partial charge in [-0.05, 0) is 52.6 Å². The highest BCUT2D eigenvalue weighted by molar-refractivity contribution is 8.00. The van der Waals surface area contributed by atoms with Crippen molar-refractivity contribution in [3.05, 3.63) is 101 Å². The van der Waals surface area contributed by atoms with Crippen molar-refractivity contribution in [1.29, 1.82) is 0 Å². The zero-order valence-electron chi connectivity index (χ0n) is 17.4. The van der Waals surface area contributed by atoms with E-state index in [1.54, 1.807) is 4.68 Å². The summed E-state index contributed by atoms with van der Waals surface area (Å²) in [4.78, 5) is 13.4. The number of nitrogens with zero attached hydrogens (tertiary/aromatic N) is 4. The second-order valence-corrected chi connectivity index (χ2v) is 8.39. The zero-order valence-corrected chi connectivity index (χ0v) is 18.2. The van der Waals surface area contributed by atoms with Gasteiger partial charge in [-0.15, -0.1) is 5.10 Å². The highest BCUT2D eigenvalue weighted by atomic mass is 32.2. The first-order valence-electron chi connectivity index (χ1n) is 10.00. The molecule has 3 aromatic carbocycles. The molecular formula is C24H23N5OS. The molecule has 0 aliphatic carbocycles. The molecule has 0 saturated carbocycles. The van der Waals surface area contributed by atoms with Crippen molar-refractivity contribution in [3.63, 3.8) is 0 Å². The number of aryl methyl sites for hydroxylation is 2. The van der Waals surface area contributed by atoms with Crippen LogP contribution in [0.1, 0.15) is 27.5 Å². The number of hydrogen-bond donors (Lipinski definition) is 1. The molecule has 0 aliphatic heterocycles. The van der Waals surface area contributed by atoms with Crippen molar-refractivity contribution in [2.45, 2.75) is 30.8 Å². The molecule has 0 fully saturated rings. The van der Waals surface area contributed by atoms with Gasteiger partial charge in [-0.2, -0.15) is 0 Å². The van der Waals surface area contributed by atoms with E-state index in [1.807, 2.05) is 92.7 Å². The van der Waals surface area contributed by atoms with Crippen molar-refractivity contribution in [3.8, 4) is 0 Å². The van der Waals surface area contributed by atoms with Gasteiger partial charge in [0.1, 0.15) is 5.25 Å². The minimum atomic E-state index is -0.498. The number of aromatic nitrogens is 4. The fraction of sp³-hybridized carbons (Fsp3) is 0.167. The second kappa shape index (κ2) is 9.57. The van der Waals surface area contributed by atoms with Crippen LogP contribution in [-0.2, 0) is 11.3 Å². The van der Waals surface area contributed by atoms with Gasteiger partial charge in [0.15, 0.2) is 0 Å². The van der Waals surface area contributed by atoms with Gasteiger partial charge in [0.25, 0.3) is 0 Å². The molecular weight excluding hydrogens is 406 g/mol. The smallest absolute Gasteiger partial charge is 0.242 e. The maximum atomic E-state index is 13.4. The van der Waals surface area contributed by atoms with Crippen LogP contribution in [0.4, 0.5) is 5.69 Å². The molecule has 1 N–H and O–H groups in total. The van der Waals surface area contributed by atoms with Gasteiger partial charge in [0.2, 0.25) is 11.1 Å². The number of carbonyl (C=O) groups is 1. The summed E-state index contributed by atoms with van der Waals surface area (Å²) in [6.45, 7) is 4.53. The third-order valence-electron chi connectivity index (χ3n) is 4.89. The SMILES string of the molecule is Cc1ccc(C)c(NC(=O)[C@H](Sc2nnnn2Cc2ccccc2)c2ccccc2)c1. The molecule has 0 aliphatic rings. The number of amides is 1. The van der Waals surface area contributed by atoms with E-state index in [0.717, 1.165) is 27.9 Å². The number of nitrogens with one attached hydrogen (secondary N) is 1. The minimum absolute atomic E-state index is 0.112. The molecule has 4 rings (SSSR count). The monoisotopic (exact) mass is 429 g/mol. The quantitative estimate of drug-likeness (QED) is 0.427. The minimum Gasteiger partial charge on any atom is -0.325 e. The van der Waals surface area contributed by atoms with Crippen LogP contribution in [0.15, 0.2) is 84.0 Å². The summed E-state index contributed by atoms with van der Waals surface area (Å²) in [5.41, 5.74) is 4.91. The highest BCUT2D eigenvalue weighted by Gasteiger charge is 2.25. The Labute approximate surface area is 185 Å². The Bertz CT molecular complexity index is 1160. The second-order valence-electron chi connectivity index (χ2n) is 7.32. The van der Waals surface area contributed by atoms with Crippen molar-refractivity contribution in [2.75, 3.05) is 5.32 Å². The third kappa shape index (κ3) is 5.19. The molecule has 1 heterocycles. The molecule has 0 bridgehead atoms. The first-order chi connectivity index (χ1) is 15.1. The molecule has 1 aromatic heterocycles. The van der Waals surface area contributed by atoms with Crippen LogP contribution in [0.2, 0.25) is 0 Å². The number of anilines is 1. The number of tetrazole rings is 1. The predicted octanol–water partition coefficient (Wildman–Crippen LogP) is 4.81. The summed E-state index contributed by atoms with van der Waals surface area (Å²) in [5, 5.41) is 15.3. The summed E-state index contributed by atoms with van der Waals surface area (Å²) < 4.78 is 1.72. The molecule has 6 nitrogen and oxygen atoms in total.